The maximum absolute atomic E-state index is 14.4. The lowest BCUT2D eigenvalue weighted by atomic mass is 10.0. The predicted molar refractivity (Wildman–Crippen MR) is 122 cm³/mol. The summed E-state index contributed by atoms with van der Waals surface area (Å²) in [4.78, 5) is 40.6. The number of hydrogen-bond donors (Lipinski definition) is 1. The lowest BCUT2D eigenvalue weighted by Crippen LogP contribution is -2.41. The Balaban J connectivity index is 1.51. The zero-order chi connectivity index (χ0) is 24.7. The third-order valence-corrected chi connectivity index (χ3v) is 6.06. The van der Waals surface area contributed by atoms with Gasteiger partial charge in [-0.1, -0.05) is 0 Å². The van der Waals surface area contributed by atoms with Gasteiger partial charge >= 0.3 is 5.97 Å². The highest BCUT2D eigenvalue weighted by molar-refractivity contribution is 6.09. The molecule has 0 unspecified atom stereocenters. The maximum Gasteiger partial charge on any atom is 0.356 e. The standard InChI is InChI=1S/C24H21FN4O6/c1-34-19-7-6-16(12-18(19)25)29-22-17(21(26-29)24(32)33)8-9-28(23(22)31)15-4-2-14(3-5-15)27-10-11-35-13-20(27)30/h2-7,12H,8-11,13H2,1H3,(H,32,33). The maximum atomic E-state index is 14.4. The molecule has 1 aromatic heterocycles. The number of benzene rings is 2. The third-order valence-electron chi connectivity index (χ3n) is 6.06. The number of carbonyl (C=O) groups excluding carboxylic acids is 2. The molecule has 1 fully saturated rings. The summed E-state index contributed by atoms with van der Waals surface area (Å²) in [5.41, 5.74) is 1.58. The number of methoxy groups -OCH3 is 1. The first-order chi connectivity index (χ1) is 16.9. The highest BCUT2D eigenvalue weighted by Gasteiger charge is 2.35. The highest BCUT2D eigenvalue weighted by atomic mass is 19.1. The number of rotatable bonds is 5. The van der Waals surface area contributed by atoms with Crippen molar-refractivity contribution in [2.45, 2.75) is 6.42 Å². The van der Waals surface area contributed by atoms with Gasteiger partial charge in [0.2, 0.25) is 0 Å². The van der Waals surface area contributed by atoms with Crippen LogP contribution >= 0.6 is 0 Å². The molecule has 5 rings (SSSR count). The van der Waals surface area contributed by atoms with Gasteiger partial charge in [0.05, 0.1) is 19.4 Å². The van der Waals surface area contributed by atoms with Crippen molar-refractivity contribution < 1.29 is 33.4 Å². The summed E-state index contributed by atoms with van der Waals surface area (Å²) in [6, 6.07) is 11.0. The van der Waals surface area contributed by atoms with Crippen LogP contribution in [-0.2, 0) is 16.0 Å². The number of anilines is 2. The zero-order valence-corrected chi connectivity index (χ0v) is 18.7. The van der Waals surface area contributed by atoms with Crippen molar-refractivity contribution >= 4 is 29.2 Å². The van der Waals surface area contributed by atoms with E-state index in [4.69, 9.17) is 9.47 Å². The van der Waals surface area contributed by atoms with E-state index in [1.807, 2.05) is 0 Å². The van der Waals surface area contributed by atoms with Crippen LogP contribution in [0.5, 0.6) is 5.75 Å². The van der Waals surface area contributed by atoms with Crippen molar-refractivity contribution in [1.82, 2.24) is 9.78 Å². The Hall–Kier alpha value is -4.25. The quantitative estimate of drug-likeness (QED) is 0.596. The molecular weight excluding hydrogens is 459 g/mol. The van der Waals surface area contributed by atoms with Gasteiger partial charge in [0, 0.05) is 36.1 Å². The molecule has 3 heterocycles. The molecule has 10 nitrogen and oxygen atoms in total. The lowest BCUT2D eigenvalue weighted by molar-refractivity contribution is -0.125. The Labute approximate surface area is 199 Å². The van der Waals surface area contributed by atoms with Crippen molar-refractivity contribution in [2.24, 2.45) is 0 Å². The van der Waals surface area contributed by atoms with Gasteiger partial charge in [-0.25, -0.2) is 13.9 Å². The minimum absolute atomic E-state index is 0.0139. The second-order valence-electron chi connectivity index (χ2n) is 8.03. The number of halogens is 1. The Bertz CT molecular complexity index is 1340. The molecule has 0 atom stereocenters. The van der Waals surface area contributed by atoms with E-state index in [0.29, 0.717) is 30.1 Å². The Morgan fingerprint density at radius 2 is 1.74 bits per heavy atom. The number of aromatic carboxylic acids is 1. The molecule has 35 heavy (non-hydrogen) atoms. The number of carboxylic acid groups (broad SMARTS) is 1. The van der Waals surface area contributed by atoms with Gasteiger partial charge < -0.3 is 24.4 Å². The van der Waals surface area contributed by atoms with Crippen LogP contribution in [0.4, 0.5) is 15.8 Å². The van der Waals surface area contributed by atoms with E-state index in [0.717, 1.165) is 10.7 Å². The van der Waals surface area contributed by atoms with Crippen molar-refractivity contribution in [2.75, 3.05) is 43.2 Å². The van der Waals surface area contributed by atoms with Crippen LogP contribution < -0.4 is 14.5 Å². The fourth-order valence-corrected chi connectivity index (χ4v) is 4.36. The SMILES string of the molecule is COc1ccc(-n2nc(C(=O)O)c3c2C(=O)N(c2ccc(N4CCOCC4=O)cc2)CC3)cc1F. The largest absolute Gasteiger partial charge is 0.494 e. The summed E-state index contributed by atoms with van der Waals surface area (Å²) >= 11 is 0. The van der Waals surface area contributed by atoms with Gasteiger partial charge in [-0.3, -0.25) is 9.59 Å². The van der Waals surface area contributed by atoms with E-state index >= 15 is 0 Å². The smallest absolute Gasteiger partial charge is 0.356 e. The van der Waals surface area contributed by atoms with Crippen LogP contribution in [0.15, 0.2) is 42.5 Å². The summed E-state index contributed by atoms with van der Waals surface area (Å²) < 4.78 is 25.6. The summed E-state index contributed by atoms with van der Waals surface area (Å²) in [5.74, 6) is -2.52. The summed E-state index contributed by atoms with van der Waals surface area (Å²) in [7, 11) is 1.33. The minimum atomic E-state index is -1.27. The first-order valence-corrected chi connectivity index (χ1v) is 10.9. The average Bonchev–Trinajstić information content (AvgIpc) is 3.26. The number of hydrogen-bond acceptors (Lipinski definition) is 6. The molecule has 0 radical (unpaired) electrons. The van der Waals surface area contributed by atoms with Crippen LogP contribution in [0, 0.1) is 5.82 Å². The average molecular weight is 480 g/mol. The van der Waals surface area contributed by atoms with E-state index in [1.165, 1.54) is 24.1 Å². The van der Waals surface area contributed by atoms with Crippen molar-refractivity contribution in [3.63, 3.8) is 0 Å². The minimum Gasteiger partial charge on any atom is -0.494 e. The summed E-state index contributed by atoms with van der Waals surface area (Å²) in [6.07, 6.45) is 0.255. The predicted octanol–water partition coefficient (Wildman–Crippen LogP) is 2.28. The second kappa shape index (κ2) is 8.84. The Kier molecular flexibility index (Phi) is 5.69. The normalized spacial score (nSPS) is 15.8. The van der Waals surface area contributed by atoms with E-state index in [2.05, 4.69) is 5.10 Å². The molecular formula is C24H21FN4O6. The van der Waals surface area contributed by atoms with Crippen LogP contribution in [-0.4, -0.2) is 66.1 Å². The molecule has 0 bridgehead atoms. The number of fused-ring (bicyclic) bond motifs is 1. The Morgan fingerprint density at radius 3 is 2.37 bits per heavy atom. The summed E-state index contributed by atoms with van der Waals surface area (Å²) in [6.45, 7) is 1.16. The van der Waals surface area contributed by atoms with E-state index in [1.54, 1.807) is 29.2 Å². The molecule has 2 amide bonds. The van der Waals surface area contributed by atoms with Gasteiger partial charge in [0.15, 0.2) is 17.3 Å². The number of carboxylic acids is 1. The molecule has 0 saturated carbocycles. The molecule has 3 aromatic rings. The van der Waals surface area contributed by atoms with E-state index < -0.39 is 17.7 Å². The molecule has 11 heteroatoms. The molecule has 2 aliphatic heterocycles. The molecule has 2 aliphatic rings. The van der Waals surface area contributed by atoms with Gasteiger partial charge in [0.25, 0.3) is 11.8 Å². The first kappa shape index (κ1) is 22.5. The van der Waals surface area contributed by atoms with E-state index in [-0.39, 0.29) is 48.3 Å². The van der Waals surface area contributed by atoms with Gasteiger partial charge in [-0.15, -0.1) is 0 Å². The number of nitrogens with zero attached hydrogens (tertiary/aromatic N) is 4. The fourth-order valence-electron chi connectivity index (χ4n) is 4.36. The summed E-state index contributed by atoms with van der Waals surface area (Å²) in [5, 5.41) is 13.8. The topological polar surface area (TPSA) is 114 Å². The van der Waals surface area contributed by atoms with Crippen molar-refractivity contribution in [3.8, 4) is 11.4 Å². The fraction of sp³-hybridized carbons (Fsp3) is 0.250. The number of ether oxygens (including phenoxy) is 2. The molecule has 1 N–H and O–H groups in total. The van der Waals surface area contributed by atoms with Crippen molar-refractivity contribution in [1.29, 1.82) is 0 Å². The van der Waals surface area contributed by atoms with Crippen LogP contribution in [0.1, 0.15) is 26.5 Å². The number of morpholine rings is 1. The highest BCUT2D eigenvalue weighted by Crippen LogP contribution is 2.31. The zero-order valence-electron chi connectivity index (χ0n) is 18.7. The van der Waals surface area contributed by atoms with Crippen LogP contribution in [0.2, 0.25) is 0 Å². The first-order valence-electron chi connectivity index (χ1n) is 10.9. The second-order valence-corrected chi connectivity index (χ2v) is 8.03. The molecule has 180 valence electrons. The van der Waals surface area contributed by atoms with Crippen molar-refractivity contribution in [3.05, 3.63) is 65.2 Å². The number of amides is 2. The van der Waals surface area contributed by atoms with Gasteiger partial charge in [-0.05, 0) is 42.8 Å². The number of carbonyl (C=O) groups is 3. The van der Waals surface area contributed by atoms with Crippen LogP contribution in [0.3, 0.4) is 0 Å². The number of aromatic nitrogens is 2. The van der Waals surface area contributed by atoms with Crippen LogP contribution in [0.25, 0.3) is 5.69 Å². The molecule has 1 saturated heterocycles. The Morgan fingerprint density at radius 1 is 1.06 bits per heavy atom. The molecule has 0 spiro atoms. The van der Waals surface area contributed by atoms with E-state index in [9.17, 15) is 23.9 Å². The lowest BCUT2D eigenvalue weighted by Gasteiger charge is -2.29. The van der Waals surface area contributed by atoms with Gasteiger partial charge in [-0.2, -0.15) is 5.10 Å². The monoisotopic (exact) mass is 480 g/mol. The van der Waals surface area contributed by atoms with Gasteiger partial charge in [0.1, 0.15) is 12.3 Å². The molecule has 0 aliphatic carbocycles. The third kappa shape index (κ3) is 3.89. The molecule has 2 aromatic carbocycles.